The van der Waals surface area contributed by atoms with Gasteiger partial charge in [-0.15, -0.1) is 11.6 Å². The maximum Gasteiger partial charge on any atom is 0.236 e. The minimum Gasteiger partial charge on any atom is -0.348 e. The first-order valence-corrected chi connectivity index (χ1v) is 8.97. The number of alkyl halides is 1. The number of rotatable bonds is 6. The highest BCUT2D eigenvalue weighted by atomic mass is 35.5. The number of carbonyl (C=O) groups excluding carboxylic acids is 1. The largest absolute Gasteiger partial charge is 0.348 e. The van der Waals surface area contributed by atoms with Crippen molar-refractivity contribution in [2.75, 3.05) is 58.5 Å². The van der Waals surface area contributed by atoms with Gasteiger partial charge in [-0.2, -0.15) is 0 Å². The average molecular weight is 326 g/mol. The van der Waals surface area contributed by atoms with Crippen molar-refractivity contribution >= 4 is 27.5 Å². The fourth-order valence-corrected chi connectivity index (χ4v) is 3.91. The van der Waals surface area contributed by atoms with Crippen molar-refractivity contribution < 1.29 is 13.2 Å². The molecule has 1 amide bonds. The van der Waals surface area contributed by atoms with Crippen molar-refractivity contribution in [2.45, 2.75) is 12.8 Å². The van der Waals surface area contributed by atoms with E-state index in [9.17, 15) is 13.2 Å². The summed E-state index contributed by atoms with van der Waals surface area (Å²) in [6, 6.07) is 0. The van der Waals surface area contributed by atoms with Gasteiger partial charge in [0.15, 0.2) is 0 Å². The van der Waals surface area contributed by atoms with Crippen LogP contribution in [0, 0.1) is 0 Å². The van der Waals surface area contributed by atoms with Gasteiger partial charge in [-0.1, -0.05) is 0 Å². The maximum absolute atomic E-state index is 12.1. The van der Waals surface area contributed by atoms with Gasteiger partial charge in [0.1, 0.15) is 0 Å². The Kier molecular flexibility index (Phi) is 7.22. The van der Waals surface area contributed by atoms with Crippen molar-refractivity contribution in [3.05, 3.63) is 0 Å². The second-order valence-corrected chi connectivity index (χ2v) is 7.64. The van der Waals surface area contributed by atoms with E-state index in [4.69, 9.17) is 11.6 Å². The number of amides is 1. The smallest absolute Gasteiger partial charge is 0.236 e. The number of hydrogen-bond donors (Lipinski definition) is 0. The summed E-state index contributed by atoms with van der Waals surface area (Å²) in [7, 11) is 0.240. The van der Waals surface area contributed by atoms with Crippen LogP contribution in [-0.4, -0.2) is 86.9 Å². The molecule has 6 nitrogen and oxygen atoms in total. The molecule has 0 radical (unpaired) electrons. The van der Waals surface area contributed by atoms with E-state index in [1.807, 2.05) is 4.90 Å². The van der Waals surface area contributed by atoms with Gasteiger partial charge in [-0.25, -0.2) is 12.7 Å². The number of likely N-dealkylation sites (N-methyl/N-ethyl adjacent to an activating group) is 1. The highest BCUT2D eigenvalue weighted by Gasteiger charge is 2.25. The van der Waals surface area contributed by atoms with Crippen LogP contribution in [0.2, 0.25) is 0 Å². The number of halogens is 1. The normalized spacial score (nSPS) is 18.8. The molecule has 8 heteroatoms. The Morgan fingerprint density at radius 2 is 1.90 bits per heavy atom. The number of sulfonamides is 1. The Hall–Kier alpha value is -0.370. The molecule has 1 rings (SSSR count). The lowest BCUT2D eigenvalue weighted by molar-refractivity contribution is -0.129. The predicted molar refractivity (Wildman–Crippen MR) is 80.4 cm³/mol. The highest BCUT2D eigenvalue weighted by Crippen LogP contribution is 2.10. The summed E-state index contributed by atoms with van der Waals surface area (Å²) in [4.78, 5) is 15.2. The minimum atomic E-state index is -3.21. The summed E-state index contributed by atoms with van der Waals surface area (Å²) in [6.07, 6.45) is 1.23. The molecule has 0 aromatic rings. The van der Waals surface area contributed by atoms with Gasteiger partial charge in [-0.3, -0.25) is 9.69 Å². The molecule has 0 atom stereocenters. The van der Waals surface area contributed by atoms with E-state index in [2.05, 4.69) is 0 Å². The van der Waals surface area contributed by atoms with E-state index in [0.29, 0.717) is 38.5 Å². The van der Waals surface area contributed by atoms with Gasteiger partial charge in [0.05, 0.1) is 12.3 Å². The quantitative estimate of drug-likeness (QED) is 0.647. The molecule has 1 aliphatic rings. The zero-order chi connectivity index (χ0) is 15.2. The molecule has 0 aromatic heterocycles. The van der Waals surface area contributed by atoms with Crippen LogP contribution in [0.15, 0.2) is 0 Å². The van der Waals surface area contributed by atoms with Gasteiger partial charge in [-0.05, 0) is 19.4 Å². The molecule has 0 spiro atoms. The Labute approximate surface area is 126 Å². The summed E-state index contributed by atoms with van der Waals surface area (Å²) < 4.78 is 25.7. The van der Waals surface area contributed by atoms with Gasteiger partial charge >= 0.3 is 0 Å². The molecule has 118 valence electrons. The average Bonchev–Trinajstić information content (AvgIpc) is 2.62. The monoisotopic (exact) mass is 325 g/mol. The Morgan fingerprint density at radius 3 is 2.50 bits per heavy atom. The zero-order valence-corrected chi connectivity index (χ0v) is 13.8. The zero-order valence-electron chi connectivity index (χ0n) is 12.2. The van der Waals surface area contributed by atoms with E-state index < -0.39 is 10.0 Å². The van der Waals surface area contributed by atoms with Crippen molar-refractivity contribution in [3.8, 4) is 0 Å². The molecule has 20 heavy (non-hydrogen) atoms. The summed E-state index contributed by atoms with van der Waals surface area (Å²) in [5.41, 5.74) is 0. The summed E-state index contributed by atoms with van der Waals surface area (Å²) in [5, 5.41) is 0. The number of nitrogens with zero attached hydrogens (tertiary/aromatic N) is 3. The van der Waals surface area contributed by atoms with Crippen LogP contribution < -0.4 is 0 Å². The lowest BCUT2D eigenvalue weighted by Gasteiger charge is -2.22. The maximum atomic E-state index is 12.1. The molecule has 0 bridgehead atoms. The third kappa shape index (κ3) is 5.55. The number of hydrogen-bond acceptors (Lipinski definition) is 4. The lowest BCUT2D eigenvalue weighted by Crippen LogP contribution is -2.40. The predicted octanol–water partition coefficient (Wildman–Crippen LogP) is 0.0410. The summed E-state index contributed by atoms with van der Waals surface area (Å²) in [5.74, 6) is 0.507. The standard InChI is InChI=1S/C12H24ClN3O3S/c1-14(2)12(17)11-15-6-4-7-16(9-8-15)20(18,19)10-3-5-13/h3-11H2,1-2H3. The molecule has 0 aliphatic carbocycles. The fraction of sp³-hybridized carbons (Fsp3) is 0.917. The molecule has 1 saturated heterocycles. The van der Waals surface area contributed by atoms with Crippen molar-refractivity contribution in [1.29, 1.82) is 0 Å². The topological polar surface area (TPSA) is 60.9 Å². The summed E-state index contributed by atoms with van der Waals surface area (Å²) >= 11 is 5.56. The van der Waals surface area contributed by atoms with Crippen LogP contribution in [0.5, 0.6) is 0 Å². The van der Waals surface area contributed by atoms with E-state index in [-0.39, 0.29) is 11.7 Å². The molecule has 1 fully saturated rings. The van der Waals surface area contributed by atoms with Crippen molar-refractivity contribution in [2.24, 2.45) is 0 Å². The molecule has 0 N–H and O–H groups in total. The molecular weight excluding hydrogens is 302 g/mol. The lowest BCUT2D eigenvalue weighted by atomic mass is 10.4. The van der Waals surface area contributed by atoms with Crippen LogP contribution in [0.4, 0.5) is 0 Å². The molecule has 0 unspecified atom stereocenters. The third-order valence-corrected chi connectivity index (χ3v) is 5.56. The second kappa shape index (κ2) is 8.17. The molecule has 1 aliphatic heterocycles. The van der Waals surface area contributed by atoms with Crippen molar-refractivity contribution in [1.82, 2.24) is 14.1 Å². The summed E-state index contributed by atoms with van der Waals surface area (Å²) in [6.45, 7) is 2.67. The minimum absolute atomic E-state index is 0.0449. The van der Waals surface area contributed by atoms with E-state index in [1.165, 1.54) is 4.31 Å². The first-order chi connectivity index (χ1) is 9.36. The SMILES string of the molecule is CN(C)C(=O)CN1CCCN(S(=O)(=O)CCCCl)CC1. The van der Waals surface area contributed by atoms with Gasteiger partial charge in [0, 0.05) is 39.6 Å². The Balaban J connectivity index is 2.53. The molecular formula is C12H24ClN3O3S. The van der Waals surface area contributed by atoms with E-state index >= 15 is 0 Å². The first-order valence-electron chi connectivity index (χ1n) is 6.83. The first kappa shape index (κ1) is 17.7. The van der Waals surface area contributed by atoms with Crippen LogP contribution in [-0.2, 0) is 14.8 Å². The van der Waals surface area contributed by atoms with Crippen LogP contribution >= 0.6 is 11.6 Å². The van der Waals surface area contributed by atoms with Gasteiger partial charge in [0.25, 0.3) is 0 Å². The molecule has 0 aromatic carbocycles. The van der Waals surface area contributed by atoms with Crippen LogP contribution in [0.1, 0.15) is 12.8 Å². The fourth-order valence-electron chi connectivity index (χ4n) is 2.08. The highest BCUT2D eigenvalue weighted by molar-refractivity contribution is 7.89. The molecule has 1 heterocycles. The Bertz CT molecular complexity index is 414. The van der Waals surface area contributed by atoms with Gasteiger partial charge in [0.2, 0.25) is 15.9 Å². The molecule has 0 saturated carbocycles. The third-order valence-electron chi connectivity index (χ3n) is 3.33. The Morgan fingerprint density at radius 1 is 1.20 bits per heavy atom. The van der Waals surface area contributed by atoms with E-state index in [1.54, 1.807) is 19.0 Å². The van der Waals surface area contributed by atoms with Crippen LogP contribution in [0.3, 0.4) is 0 Å². The second-order valence-electron chi connectivity index (χ2n) is 5.18. The number of carbonyl (C=O) groups is 1. The van der Waals surface area contributed by atoms with Crippen molar-refractivity contribution in [3.63, 3.8) is 0 Å². The van der Waals surface area contributed by atoms with Gasteiger partial charge < -0.3 is 4.90 Å². The van der Waals surface area contributed by atoms with E-state index in [0.717, 1.165) is 13.0 Å². The van der Waals surface area contributed by atoms with Crippen LogP contribution in [0.25, 0.3) is 0 Å².